The van der Waals surface area contributed by atoms with Gasteiger partial charge >= 0.3 is 5.97 Å². The number of rotatable bonds is 1. The molecule has 0 radical (unpaired) electrons. The third-order valence-electron chi connectivity index (χ3n) is 2.20. The molecule has 0 amide bonds. The van der Waals surface area contributed by atoms with Gasteiger partial charge < -0.3 is 4.74 Å². The van der Waals surface area contributed by atoms with Gasteiger partial charge in [0.1, 0.15) is 6.61 Å². The van der Waals surface area contributed by atoms with Crippen LogP contribution in [0.4, 0.5) is 22.0 Å². The van der Waals surface area contributed by atoms with Crippen molar-refractivity contribution in [2.45, 2.75) is 0 Å². The summed E-state index contributed by atoms with van der Waals surface area (Å²) in [5.41, 5.74) is -1.93. The van der Waals surface area contributed by atoms with Crippen LogP contribution in [0.2, 0.25) is 0 Å². The van der Waals surface area contributed by atoms with Gasteiger partial charge in [-0.3, -0.25) is 0 Å². The molecular formula is C10H3F5O2. The van der Waals surface area contributed by atoms with E-state index in [0.717, 1.165) is 6.08 Å². The number of carbonyl (C=O) groups is 1. The predicted octanol–water partition coefficient (Wildman–Crippen LogP) is 2.32. The highest BCUT2D eigenvalue weighted by Gasteiger charge is 2.32. The first-order valence-corrected chi connectivity index (χ1v) is 4.34. The quantitative estimate of drug-likeness (QED) is 0.331. The summed E-state index contributed by atoms with van der Waals surface area (Å²) in [5.74, 6) is -11.7. The third kappa shape index (κ3) is 1.58. The lowest BCUT2D eigenvalue weighted by Crippen LogP contribution is -2.09. The van der Waals surface area contributed by atoms with Gasteiger partial charge in [-0.25, -0.2) is 26.7 Å². The molecule has 0 aliphatic carbocycles. The lowest BCUT2D eigenvalue weighted by atomic mass is 10.0. The Bertz CT molecular complexity index is 521. The molecule has 1 aliphatic heterocycles. The molecule has 17 heavy (non-hydrogen) atoms. The first-order chi connectivity index (χ1) is 7.95. The highest BCUT2D eigenvalue weighted by atomic mass is 19.2. The van der Waals surface area contributed by atoms with E-state index in [-0.39, 0.29) is 6.61 Å². The zero-order valence-electron chi connectivity index (χ0n) is 7.99. The molecule has 7 heteroatoms. The molecule has 0 unspecified atom stereocenters. The van der Waals surface area contributed by atoms with Gasteiger partial charge in [0.05, 0.1) is 11.1 Å². The van der Waals surface area contributed by atoms with Gasteiger partial charge in [0.25, 0.3) is 0 Å². The maximum Gasteiger partial charge on any atom is 0.339 e. The molecule has 0 saturated carbocycles. The van der Waals surface area contributed by atoms with Gasteiger partial charge in [-0.2, -0.15) is 0 Å². The Hall–Kier alpha value is -1.92. The van der Waals surface area contributed by atoms with Crippen LogP contribution in [0.1, 0.15) is 5.56 Å². The standard InChI is InChI=1S/C10H3F5O2/c11-5-4(3-1-2-17-10(3)16)6(12)8(14)9(15)7(5)13/h1H,2H2. The Morgan fingerprint density at radius 2 is 1.35 bits per heavy atom. The first-order valence-electron chi connectivity index (χ1n) is 4.34. The molecule has 2 rings (SSSR count). The fraction of sp³-hybridized carbons (Fsp3) is 0.100. The van der Waals surface area contributed by atoms with Gasteiger partial charge in [-0.1, -0.05) is 0 Å². The minimum atomic E-state index is -2.27. The summed E-state index contributed by atoms with van der Waals surface area (Å²) in [7, 11) is 0. The Morgan fingerprint density at radius 3 is 1.76 bits per heavy atom. The van der Waals surface area contributed by atoms with Crippen LogP contribution in [-0.2, 0) is 9.53 Å². The highest BCUT2D eigenvalue weighted by Crippen LogP contribution is 2.30. The lowest BCUT2D eigenvalue weighted by Gasteiger charge is -2.07. The fourth-order valence-corrected chi connectivity index (χ4v) is 1.41. The fourth-order valence-electron chi connectivity index (χ4n) is 1.41. The summed E-state index contributed by atoms with van der Waals surface area (Å²) in [6.07, 6.45) is 0.945. The molecule has 0 bridgehead atoms. The second-order valence-electron chi connectivity index (χ2n) is 3.16. The first kappa shape index (κ1) is 11.6. The summed E-state index contributed by atoms with van der Waals surface area (Å²) < 4.78 is 69.3. The minimum absolute atomic E-state index is 0.270. The Balaban J connectivity index is 2.74. The van der Waals surface area contributed by atoms with E-state index in [9.17, 15) is 26.7 Å². The van der Waals surface area contributed by atoms with Crippen LogP contribution in [0.3, 0.4) is 0 Å². The summed E-state index contributed by atoms with van der Waals surface area (Å²) in [6.45, 7) is -0.270. The van der Waals surface area contributed by atoms with Crippen molar-refractivity contribution >= 4 is 11.5 Å². The second kappa shape index (κ2) is 3.83. The van der Waals surface area contributed by atoms with E-state index in [1.807, 2.05) is 0 Å². The monoisotopic (exact) mass is 250 g/mol. The van der Waals surface area contributed by atoms with Crippen molar-refractivity contribution in [2.75, 3.05) is 6.61 Å². The molecule has 0 fully saturated rings. The van der Waals surface area contributed by atoms with Crippen molar-refractivity contribution in [2.24, 2.45) is 0 Å². The van der Waals surface area contributed by atoms with Gasteiger partial charge in [-0.15, -0.1) is 0 Å². The van der Waals surface area contributed by atoms with Gasteiger partial charge in [0.15, 0.2) is 23.3 Å². The minimum Gasteiger partial charge on any atom is -0.458 e. The molecule has 1 aromatic carbocycles. The summed E-state index contributed by atoms with van der Waals surface area (Å²) >= 11 is 0. The molecule has 1 aromatic rings. The second-order valence-corrected chi connectivity index (χ2v) is 3.16. The Kier molecular flexibility index (Phi) is 2.60. The average molecular weight is 250 g/mol. The Morgan fingerprint density at radius 1 is 0.882 bits per heavy atom. The van der Waals surface area contributed by atoms with Gasteiger partial charge in [-0.05, 0) is 6.08 Å². The van der Waals surface area contributed by atoms with Crippen molar-refractivity contribution in [3.63, 3.8) is 0 Å². The topological polar surface area (TPSA) is 26.3 Å². The third-order valence-corrected chi connectivity index (χ3v) is 2.20. The maximum atomic E-state index is 13.3. The molecule has 0 atom stereocenters. The number of esters is 1. The van der Waals surface area contributed by atoms with Crippen molar-refractivity contribution in [3.8, 4) is 0 Å². The molecule has 1 aliphatic rings. The van der Waals surface area contributed by atoms with Gasteiger partial charge in [0.2, 0.25) is 5.82 Å². The van der Waals surface area contributed by atoms with Crippen molar-refractivity contribution in [1.29, 1.82) is 0 Å². The number of halogens is 5. The molecule has 2 nitrogen and oxygen atoms in total. The van der Waals surface area contributed by atoms with E-state index in [1.165, 1.54) is 0 Å². The summed E-state index contributed by atoms with van der Waals surface area (Å²) in [5, 5.41) is 0. The molecule has 90 valence electrons. The number of benzene rings is 1. The van der Waals surface area contributed by atoms with Crippen molar-refractivity contribution in [1.82, 2.24) is 0 Å². The predicted molar refractivity (Wildman–Crippen MR) is 45.2 cm³/mol. The number of carbonyl (C=O) groups excluding carboxylic acids is 1. The van der Waals surface area contributed by atoms with E-state index >= 15 is 0 Å². The number of ether oxygens (including phenoxy) is 1. The molecular weight excluding hydrogens is 247 g/mol. The van der Waals surface area contributed by atoms with E-state index in [0.29, 0.717) is 0 Å². The van der Waals surface area contributed by atoms with E-state index in [1.54, 1.807) is 0 Å². The number of hydrogen-bond acceptors (Lipinski definition) is 2. The molecule has 0 aromatic heterocycles. The molecule has 0 spiro atoms. The van der Waals surface area contributed by atoms with Gasteiger partial charge in [0, 0.05) is 0 Å². The van der Waals surface area contributed by atoms with Crippen LogP contribution >= 0.6 is 0 Å². The summed E-state index contributed by atoms with van der Waals surface area (Å²) in [4.78, 5) is 11.0. The van der Waals surface area contributed by atoms with Crippen LogP contribution in [0.5, 0.6) is 0 Å². The zero-order valence-corrected chi connectivity index (χ0v) is 7.99. The molecule has 1 heterocycles. The average Bonchev–Trinajstić information content (AvgIpc) is 2.71. The van der Waals surface area contributed by atoms with E-state index < -0.39 is 46.2 Å². The summed E-state index contributed by atoms with van der Waals surface area (Å²) in [6, 6.07) is 0. The highest BCUT2D eigenvalue weighted by molar-refractivity contribution is 6.18. The van der Waals surface area contributed by atoms with Crippen LogP contribution in [0, 0.1) is 29.1 Å². The number of cyclic esters (lactones) is 1. The van der Waals surface area contributed by atoms with Crippen LogP contribution in [0.25, 0.3) is 5.57 Å². The van der Waals surface area contributed by atoms with Crippen LogP contribution < -0.4 is 0 Å². The lowest BCUT2D eigenvalue weighted by molar-refractivity contribution is -0.133. The Labute approximate surface area is 91.3 Å². The zero-order chi connectivity index (χ0) is 12.7. The molecule has 0 N–H and O–H groups in total. The van der Waals surface area contributed by atoms with Crippen molar-refractivity contribution < 1.29 is 31.5 Å². The van der Waals surface area contributed by atoms with Crippen LogP contribution in [-0.4, -0.2) is 12.6 Å². The van der Waals surface area contributed by atoms with E-state index in [4.69, 9.17) is 0 Å². The van der Waals surface area contributed by atoms with Crippen molar-refractivity contribution in [3.05, 3.63) is 40.7 Å². The normalized spacial score (nSPS) is 14.9. The SMILES string of the molecule is O=C1OCC=C1c1c(F)c(F)c(F)c(F)c1F. The maximum absolute atomic E-state index is 13.3. The van der Waals surface area contributed by atoms with Crippen LogP contribution in [0.15, 0.2) is 6.08 Å². The van der Waals surface area contributed by atoms with E-state index in [2.05, 4.69) is 4.74 Å². The molecule has 0 saturated heterocycles. The smallest absolute Gasteiger partial charge is 0.339 e. The number of hydrogen-bond donors (Lipinski definition) is 0. The largest absolute Gasteiger partial charge is 0.458 e.